The Kier molecular flexibility index (Phi) is 10.2. The minimum atomic E-state index is -0.392. The maximum Gasteiger partial charge on any atom is 0.254 e. The molecule has 1 aliphatic heterocycles. The summed E-state index contributed by atoms with van der Waals surface area (Å²) in [7, 11) is 0. The topological polar surface area (TPSA) is 92.7 Å². The van der Waals surface area contributed by atoms with E-state index >= 15 is 0 Å². The van der Waals surface area contributed by atoms with Gasteiger partial charge in [-0.15, -0.1) is 0 Å². The lowest BCUT2D eigenvalue weighted by Crippen LogP contribution is -2.57. The standard InChI is InChI=1S/C26H38N4O2S/c1-2-3-9-23-17-30(26(32)25-11-6-8-20-7-4-5-10-24(20)25)14-13-29(23)16-21(27)12-15-33-19-22(28)18-31/h4-8,10-11,18,21-23H,2-3,9,12-17,19,27-28H2,1H3/t21-,22?,23?/m0/s1. The lowest BCUT2D eigenvalue weighted by atomic mass is 10.0. The molecule has 2 unspecified atom stereocenters. The van der Waals surface area contributed by atoms with Gasteiger partial charge in [0.1, 0.15) is 6.29 Å². The highest BCUT2D eigenvalue weighted by molar-refractivity contribution is 7.99. The van der Waals surface area contributed by atoms with Crippen molar-refractivity contribution in [3.05, 3.63) is 48.0 Å². The number of unbranched alkanes of at least 4 members (excludes halogenated alkanes) is 1. The number of piperazine rings is 1. The molecule has 4 N–H and O–H groups in total. The summed E-state index contributed by atoms with van der Waals surface area (Å²) in [5, 5.41) is 2.12. The summed E-state index contributed by atoms with van der Waals surface area (Å²) in [4.78, 5) is 28.6. The number of amides is 1. The van der Waals surface area contributed by atoms with E-state index in [1.54, 1.807) is 11.8 Å². The Morgan fingerprint density at radius 3 is 2.76 bits per heavy atom. The number of carbonyl (C=O) groups excluding carboxylic acids is 2. The minimum Gasteiger partial charge on any atom is -0.336 e. The van der Waals surface area contributed by atoms with Gasteiger partial charge in [-0.2, -0.15) is 11.8 Å². The highest BCUT2D eigenvalue weighted by atomic mass is 32.2. The van der Waals surface area contributed by atoms with Gasteiger partial charge in [0.15, 0.2) is 0 Å². The molecule has 3 atom stereocenters. The maximum atomic E-state index is 13.5. The smallest absolute Gasteiger partial charge is 0.254 e. The van der Waals surface area contributed by atoms with Crippen LogP contribution in [0.15, 0.2) is 42.5 Å². The fraction of sp³-hybridized carbons (Fsp3) is 0.538. The van der Waals surface area contributed by atoms with Gasteiger partial charge in [-0.3, -0.25) is 9.69 Å². The number of hydrogen-bond donors (Lipinski definition) is 2. The molecule has 1 saturated heterocycles. The second-order valence-electron chi connectivity index (χ2n) is 8.99. The number of carbonyl (C=O) groups is 2. The number of nitrogens with two attached hydrogens (primary N) is 2. The fourth-order valence-corrected chi connectivity index (χ4v) is 5.49. The zero-order valence-corrected chi connectivity index (χ0v) is 20.5. The van der Waals surface area contributed by atoms with Crippen LogP contribution >= 0.6 is 11.8 Å². The summed E-state index contributed by atoms with van der Waals surface area (Å²) in [6.07, 6.45) is 5.05. The summed E-state index contributed by atoms with van der Waals surface area (Å²) in [5.74, 6) is 1.67. The molecule has 0 bridgehead atoms. The van der Waals surface area contributed by atoms with Crippen molar-refractivity contribution in [1.82, 2.24) is 9.80 Å². The van der Waals surface area contributed by atoms with E-state index in [-0.39, 0.29) is 11.9 Å². The second kappa shape index (κ2) is 13.1. The largest absolute Gasteiger partial charge is 0.336 e. The third kappa shape index (κ3) is 7.27. The molecule has 1 fully saturated rings. The molecule has 1 amide bonds. The molecule has 7 heteroatoms. The lowest BCUT2D eigenvalue weighted by molar-refractivity contribution is -0.108. The van der Waals surface area contributed by atoms with Gasteiger partial charge in [-0.1, -0.05) is 56.2 Å². The molecule has 1 aliphatic rings. The Bertz CT molecular complexity index is 903. The van der Waals surface area contributed by atoms with Crippen LogP contribution in [0.3, 0.4) is 0 Å². The Morgan fingerprint density at radius 1 is 1.18 bits per heavy atom. The first-order chi connectivity index (χ1) is 16.0. The molecule has 180 valence electrons. The van der Waals surface area contributed by atoms with E-state index in [0.29, 0.717) is 11.8 Å². The van der Waals surface area contributed by atoms with Gasteiger partial charge in [0.05, 0.1) is 6.04 Å². The van der Waals surface area contributed by atoms with Crippen LogP contribution in [0.4, 0.5) is 0 Å². The van der Waals surface area contributed by atoms with Crippen molar-refractivity contribution < 1.29 is 9.59 Å². The molecule has 0 radical (unpaired) electrons. The second-order valence-corrected chi connectivity index (χ2v) is 10.1. The van der Waals surface area contributed by atoms with E-state index in [4.69, 9.17) is 11.5 Å². The predicted octanol–water partition coefficient (Wildman–Crippen LogP) is 3.13. The van der Waals surface area contributed by atoms with Gasteiger partial charge in [0, 0.05) is 49.6 Å². The summed E-state index contributed by atoms with van der Waals surface area (Å²) < 4.78 is 0. The Labute approximate surface area is 202 Å². The number of rotatable bonds is 12. The molecule has 1 heterocycles. The van der Waals surface area contributed by atoms with Crippen molar-refractivity contribution in [1.29, 1.82) is 0 Å². The van der Waals surface area contributed by atoms with Gasteiger partial charge in [0.25, 0.3) is 5.91 Å². The van der Waals surface area contributed by atoms with Crippen molar-refractivity contribution in [3.63, 3.8) is 0 Å². The third-order valence-corrected chi connectivity index (χ3v) is 7.53. The molecule has 6 nitrogen and oxygen atoms in total. The summed E-state index contributed by atoms with van der Waals surface area (Å²) in [5.41, 5.74) is 12.9. The van der Waals surface area contributed by atoms with Crippen LogP contribution in [0.1, 0.15) is 43.0 Å². The number of thioether (sulfide) groups is 1. The average molecular weight is 471 g/mol. The SMILES string of the molecule is CCCCC1CN(C(=O)c2cccc3ccccc23)CCN1C[C@@H](N)CCSCC(N)C=O. The monoisotopic (exact) mass is 470 g/mol. The number of nitrogens with zero attached hydrogens (tertiary/aromatic N) is 2. The van der Waals surface area contributed by atoms with Crippen molar-refractivity contribution in [2.24, 2.45) is 11.5 Å². The Balaban J connectivity index is 1.60. The van der Waals surface area contributed by atoms with Crippen LogP contribution in [0.5, 0.6) is 0 Å². The van der Waals surface area contributed by atoms with Gasteiger partial charge in [-0.05, 0) is 35.4 Å². The zero-order chi connectivity index (χ0) is 23.6. The number of hydrogen-bond acceptors (Lipinski definition) is 6. The Morgan fingerprint density at radius 2 is 1.97 bits per heavy atom. The third-order valence-electron chi connectivity index (χ3n) is 6.39. The van der Waals surface area contributed by atoms with Crippen molar-refractivity contribution in [2.75, 3.05) is 37.7 Å². The lowest BCUT2D eigenvalue weighted by Gasteiger charge is -2.42. The molecule has 0 aliphatic carbocycles. The molecular weight excluding hydrogens is 432 g/mol. The highest BCUT2D eigenvalue weighted by Gasteiger charge is 2.30. The van der Waals surface area contributed by atoms with Crippen LogP contribution in [0.25, 0.3) is 10.8 Å². The predicted molar refractivity (Wildman–Crippen MR) is 139 cm³/mol. The van der Waals surface area contributed by atoms with Crippen LogP contribution < -0.4 is 11.5 Å². The van der Waals surface area contributed by atoms with Crippen molar-refractivity contribution >= 4 is 34.7 Å². The maximum absolute atomic E-state index is 13.5. The van der Waals surface area contributed by atoms with Crippen LogP contribution in [0.2, 0.25) is 0 Å². The van der Waals surface area contributed by atoms with E-state index in [1.807, 2.05) is 35.2 Å². The number of aldehydes is 1. The number of fused-ring (bicyclic) bond motifs is 1. The highest BCUT2D eigenvalue weighted by Crippen LogP contribution is 2.23. The van der Waals surface area contributed by atoms with Gasteiger partial charge >= 0.3 is 0 Å². The van der Waals surface area contributed by atoms with E-state index in [1.165, 1.54) is 0 Å². The van der Waals surface area contributed by atoms with Gasteiger partial charge in [-0.25, -0.2) is 0 Å². The Hall–Kier alpha value is -1.93. The van der Waals surface area contributed by atoms with E-state index in [2.05, 4.69) is 24.0 Å². The molecule has 0 spiro atoms. The summed E-state index contributed by atoms with van der Waals surface area (Å²) >= 11 is 1.69. The first-order valence-corrected chi connectivity index (χ1v) is 13.2. The normalized spacial score (nSPS) is 18.9. The minimum absolute atomic E-state index is 0.0781. The molecule has 2 aromatic carbocycles. The van der Waals surface area contributed by atoms with E-state index < -0.39 is 6.04 Å². The van der Waals surface area contributed by atoms with E-state index in [0.717, 1.165) is 80.2 Å². The zero-order valence-electron chi connectivity index (χ0n) is 19.7. The first-order valence-electron chi connectivity index (χ1n) is 12.1. The quantitative estimate of drug-likeness (QED) is 0.366. The number of benzene rings is 2. The molecule has 33 heavy (non-hydrogen) atoms. The van der Waals surface area contributed by atoms with Crippen LogP contribution in [-0.4, -0.2) is 77.8 Å². The molecular formula is C26H38N4O2S. The average Bonchev–Trinajstić information content (AvgIpc) is 2.85. The van der Waals surface area contributed by atoms with E-state index in [9.17, 15) is 9.59 Å². The summed E-state index contributed by atoms with van der Waals surface area (Å²) in [6.45, 7) is 5.37. The summed E-state index contributed by atoms with van der Waals surface area (Å²) in [6, 6.07) is 14.1. The molecule has 0 saturated carbocycles. The fourth-order valence-electron chi connectivity index (χ4n) is 4.50. The van der Waals surface area contributed by atoms with Gasteiger partial charge < -0.3 is 21.2 Å². The van der Waals surface area contributed by atoms with Crippen molar-refractivity contribution in [3.8, 4) is 0 Å². The van der Waals surface area contributed by atoms with Gasteiger partial charge in [0.2, 0.25) is 0 Å². The van der Waals surface area contributed by atoms with Crippen LogP contribution in [-0.2, 0) is 4.79 Å². The molecule has 0 aromatic heterocycles. The van der Waals surface area contributed by atoms with Crippen LogP contribution in [0, 0.1) is 0 Å². The first kappa shape index (κ1) is 25.7. The molecule has 3 rings (SSSR count). The van der Waals surface area contributed by atoms with Crippen molar-refractivity contribution in [2.45, 2.75) is 50.7 Å². The molecule has 2 aromatic rings.